The van der Waals surface area contributed by atoms with Gasteiger partial charge in [0.05, 0.1) is 18.8 Å². The van der Waals surface area contributed by atoms with Gasteiger partial charge in [-0.25, -0.2) is 5.10 Å². The van der Waals surface area contributed by atoms with Crippen LogP contribution in [0.4, 0.5) is 0 Å². The van der Waals surface area contributed by atoms with Crippen LogP contribution in [0.3, 0.4) is 0 Å². The molecule has 0 bridgehead atoms. The zero-order chi connectivity index (χ0) is 8.55. The Bertz CT molecular complexity index is 462. The van der Waals surface area contributed by atoms with Crippen molar-refractivity contribution in [1.29, 1.82) is 0 Å². The number of fused-ring (bicyclic) bond motifs is 1. The number of aromatic amines is 1. The maximum absolute atomic E-state index is 11.0. The molecule has 0 saturated carbocycles. The van der Waals surface area contributed by atoms with E-state index in [0.717, 1.165) is 11.7 Å². The second kappa shape index (κ2) is 2.52. The molecule has 0 atom stereocenters. The SMILES string of the molecule is COc1n[nH]c(=O)c2nsnc12. The van der Waals surface area contributed by atoms with Gasteiger partial charge in [-0.1, -0.05) is 0 Å². The molecule has 0 amide bonds. The third-order valence-electron chi connectivity index (χ3n) is 1.36. The maximum atomic E-state index is 11.0. The van der Waals surface area contributed by atoms with E-state index in [2.05, 4.69) is 18.9 Å². The Balaban J connectivity index is 2.92. The number of hydrogen-bond donors (Lipinski definition) is 1. The number of nitrogens with zero attached hydrogens (tertiary/aromatic N) is 3. The minimum absolute atomic E-state index is 0.270. The standard InChI is InChI=1S/C5H4N4O2S/c1-11-5-3-2(8-12-9-3)4(10)6-7-5/h1H3,(H,6,10). The lowest BCUT2D eigenvalue weighted by Gasteiger charge is -1.94. The van der Waals surface area contributed by atoms with Gasteiger partial charge < -0.3 is 4.74 Å². The fourth-order valence-electron chi connectivity index (χ4n) is 0.828. The van der Waals surface area contributed by atoms with E-state index in [-0.39, 0.29) is 11.1 Å². The average Bonchev–Trinajstić information content (AvgIpc) is 2.54. The molecule has 0 aliphatic heterocycles. The molecular weight excluding hydrogens is 180 g/mol. The number of methoxy groups -OCH3 is 1. The summed E-state index contributed by atoms with van der Waals surface area (Å²) in [5.41, 5.74) is 0.331. The fourth-order valence-corrected chi connectivity index (χ4v) is 1.37. The summed E-state index contributed by atoms with van der Waals surface area (Å²) in [6, 6.07) is 0. The van der Waals surface area contributed by atoms with Crippen molar-refractivity contribution in [2.24, 2.45) is 0 Å². The van der Waals surface area contributed by atoms with Gasteiger partial charge in [0.25, 0.3) is 11.4 Å². The highest BCUT2D eigenvalue weighted by Gasteiger charge is 2.09. The Morgan fingerprint density at radius 1 is 1.42 bits per heavy atom. The highest BCUT2D eigenvalue weighted by Crippen LogP contribution is 2.15. The Kier molecular flexibility index (Phi) is 1.51. The number of H-pyrrole nitrogens is 1. The van der Waals surface area contributed by atoms with Gasteiger partial charge in [-0.2, -0.15) is 8.75 Å². The first-order valence-corrected chi connectivity index (χ1v) is 3.81. The molecule has 0 spiro atoms. The third kappa shape index (κ3) is 0.866. The van der Waals surface area contributed by atoms with Crippen LogP contribution in [0.5, 0.6) is 5.88 Å². The van der Waals surface area contributed by atoms with Crippen LogP contribution in [0.2, 0.25) is 0 Å². The van der Waals surface area contributed by atoms with Crippen LogP contribution in [-0.4, -0.2) is 26.1 Å². The van der Waals surface area contributed by atoms with Crippen LogP contribution < -0.4 is 10.3 Å². The Labute approximate surface area is 70.5 Å². The zero-order valence-electron chi connectivity index (χ0n) is 6.07. The normalized spacial score (nSPS) is 10.4. The Morgan fingerprint density at radius 3 is 2.92 bits per heavy atom. The van der Waals surface area contributed by atoms with Crippen molar-refractivity contribution in [3.8, 4) is 5.88 Å². The number of hydrogen-bond acceptors (Lipinski definition) is 6. The van der Waals surface area contributed by atoms with Crippen LogP contribution in [0.1, 0.15) is 0 Å². The lowest BCUT2D eigenvalue weighted by molar-refractivity contribution is 0.396. The van der Waals surface area contributed by atoms with Crippen molar-refractivity contribution in [3.63, 3.8) is 0 Å². The Morgan fingerprint density at radius 2 is 2.17 bits per heavy atom. The van der Waals surface area contributed by atoms with Crippen molar-refractivity contribution < 1.29 is 4.74 Å². The molecule has 0 aromatic carbocycles. The molecular formula is C5H4N4O2S. The summed E-state index contributed by atoms with van der Waals surface area (Å²) in [5, 5.41) is 5.90. The van der Waals surface area contributed by atoms with Crippen LogP contribution >= 0.6 is 11.7 Å². The van der Waals surface area contributed by atoms with E-state index in [1.165, 1.54) is 7.11 Å². The van der Waals surface area contributed by atoms with E-state index in [1.807, 2.05) is 0 Å². The number of ether oxygens (including phenoxy) is 1. The van der Waals surface area contributed by atoms with E-state index in [0.29, 0.717) is 11.4 Å². The van der Waals surface area contributed by atoms with Gasteiger partial charge in [0.2, 0.25) is 0 Å². The first-order chi connectivity index (χ1) is 5.83. The quantitative estimate of drug-likeness (QED) is 0.662. The molecule has 1 N–H and O–H groups in total. The molecule has 12 heavy (non-hydrogen) atoms. The summed E-state index contributed by atoms with van der Waals surface area (Å²) in [7, 11) is 1.46. The average molecular weight is 184 g/mol. The van der Waals surface area contributed by atoms with Crippen molar-refractivity contribution in [2.45, 2.75) is 0 Å². The van der Waals surface area contributed by atoms with Crippen molar-refractivity contribution in [1.82, 2.24) is 18.9 Å². The van der Waals surface area contributed by atoms with Crippen LogP contribution in [-0.2, 0) is 0 Å². The van der Waals surface area contributed by atoms with E-state index in [4.69, 9.17) is 4.74 Å². The highest BCUT2D eigenvalue weighted by atomic mass is 32.1. The summed E-state index contributed by atoms with van der Waals surface area (Å²) in [6.45, 7) is 0. The molecule has 2 rings (SSSR count). The monoisotopic (exact) mass is 184 g/mol. The molecule has 0 unspecified atom stereocenters. The molecule has 2 heterocycles. The van der Waals surface area contributed by atoms with Crippen molar-refractivity contribution >= 4 is 22.8 Å². The molecule has 2 aromatic rings. The molecule has 0 fully saturated rings. The number of rotatable bonds is 1. The second-order valence-electron chi connectivity index (χ2n) is 2.02. The summed E-state index contributed by atoms with van der Waals surface area (Å²) in [4.78, 5) is 11.0. The summed E-state index contributed by atoms with van der Waals surface area (Å²) < 4.78 is 12.5. The molecule has 0 radical (unpaired) electrons. The molecule has 0 aliphatic rings. The van der Waals surface area contributed by atoms with E-state index in [9.17, 15) is 4.79 Å². The number of nitrogens with one attached hydrogen (secondary N) is 1. The number of aromatic nitrogens is 4. The van der Waals surface area contributed by atoms with Gasteiger partial charge in [0.15, 0.2) is 11.0 Å². The van der Waals surface area contributed by atoms with Gasteiger partial charge >= 0.3 is 0 Å². The van der Waals surface area contributed by atoms with Crippen LogP contribution in [0.25, 0.3) is 11.0 Å². The van der Waals surface area contributed by atoms with Crippen LogP contribution in [0, 0.1) is 0 Å². The van der Waals surface area contributed by atoms with Gasteiger partial charge in [0, 0.05) is 0 Å². The summed E-state index contributed by atoms with van der Waals surface area (Å²) in [5.74, 6) is 0.290. The van der Waals surface area contributed by atoms with Gasteiger partial charge in [-0.15, -0.1) is 5.10 Å². The summed E-state index contributed by atoms with van der Waals surface area (Å²) >= 11 is 0.957. The van der Waals surface area contributed by atoms with E-state index < -0.39 is 0 Å². The zero-order valence-corrected chi connectivity index (χ0v) is 6.88. The highest BCUT2D eigenvalue weighted by molar-refractivity contribution is 7.00. The van der Waals surface area contributed by atoms with Crippen LogP contribution in [0.15, 0.2) is 4.79 Å². The smallest absolute Gasteiger partial charge is 0.293 e. The first-order valence-electron chi connectivity index (χ1n) is 3.08. The van der Waals surface area contributed by atoms with Crippen molar-refractivity contribution in [3.05, 3.63) is 10.4 Å². The van der Waals surface area contributed by atoms with E-state index in [1.54, 1.807) is 0 Å². The maximum Gasteiger partial charge on any atom is 0.293 e. The second-order valence-corrected chi connectivity index (χ2v) is 2.55. The molecule has 7 heteroatoms. The van der Waals surface area contributed by atoms with Crippen molar-refractivity contribution in [2.75, 3.05) is 7.11 Å². The largest absolute Gasteiger partial charge is 0.478 e. The lowest BCUT2D eigenvalue weighted by atomic mass is 10.4. The predicted octanol–water partition coefficient (Wildman–Crippen LogP) is -0.217. The minimum atomic E-state index is -0.348. The molecule has 62 valence electrons. The topological polar surface area (TPSA) is 80.8 Å². The third-order valence-corrected chi connectivity index (χ3v) is 1.89. The first kappa shape index (κ1) is 7.17. The Hall–Kier alpha value is -1.50. The van der Waals surface area contributed by atoms with Gasteiger partial charge in [0.1, 0.15) is 0 Å². The van der Waals surface area contributed by atoms with Gasteiger partial charge in [-0.3, -0.25) is 4.79 Å². The fraction of sp³-hybridized carbons (Fsp3) is 0.200. The molecule has 0 aliphatic carbocycles. The van der Waals surface area contributed by atoms with E-state index >= 15 is 0 Å². The van der Waals surface area contributed by atoms with Gasteiger partial charge in [-0.05, 0) is 0 Å². The molecule has 6 nitrogen and oxygen atoms in total. The summed E-state index contributed by atoms with van der Waals surface area (Å²) in [6.07, 6.45) is 0. The predicted molar refractivity (Wildman–Crippen MR) is 42.4 cm³/mol. The molecule has 0 saturated heterocycles. The molecule has 2 aromatic heterocycles. The minimum Gasteiger partial charge on any atom is -0.478 e. The lowest BCUT2D eigenvalue weighted by Crippen LogP contribution is -2.09.